The van der Waals surface area contributed by atoms with Crippen molar-refractivity contribution in [2.75, 3.05) is 23.4 Å². The molecule has 1 aliphatic heterocycles. The number of nitrogens with one attached hydrogen (secondary N) is 1. The van der Waals surface area contributed by atoms with Gasteiger partial charge in [0.15, 0.2) is 0 Å². The first kappa shape index (κ1) is 14.1. The fourth-order valence-electron chi connectivity index (χ4n) is 2.43. The van der Waals surface area contributed by atoms with E-state index >= 15 is 0 Å². The Morgan fingerprint density at radius 1 is 1.18 bits per heavy atom. The molecule has 0 fully saturated rings. The van der Waals surface area contributed by atoms with Gasteiger partial charge < -0.3 is 10.1 Å². The van der Waals surface area contributed by atoms with Crippen molar-refractivity contribution >= 4 is 23.2 Å². The minimum atomic E-state index is -0.203. The zero-order chi connectivity index (χ0) is 15.5. The summed E-state index contributed by atoms with van der Waals surface area (Å²) in [6.07, 6.45) is 0. The number of para-hydroxylation sites is 2. The number of fused-ring (bicyclic) bond motifs is 1. The van der Waals surface area contributed by atoms with Crippen LogP contribution < -0.4 is 15.0 Å². The van der Waals surface area contributed by atoms with E-state index in [0.717, 1.165) is 5.75 Å². The number of nitrogens with zero attached hydrogens (tertiary/aromatic N) is 1. The lowest BCUT2D eigenvalue weighted by atomic mass is 10.1. The van der Waals surface area contributed by atoms with E-state index in [1.165, 1.54) is 4.90 Å². The molecular weight excluding hydrogens is 280 g/mol. The van der Waals surface area contributed by atoms with E-state index in [9.17, 15) is 9.59 Å². The van der Waals surface area contributed by atoms with Gasteiger partial charge in [-0.05, 0) is 43.3 Å². The van der Waals surface area contributed by atoms with Gasteiger partial charge in [0.2, 0.25) is 5.91 Å². The van der Waals surface area contributed by atoms with Crippen LogP contribution in [-0.2, 0) is 4.79 Å². The van der Waals surface area contributed by atoms with E-state index in [1.807, 2.05) is 25.1 Å². The van der Waals surface area contributed by atoms with Crippen LogP contribution in [0.2, 0.25) is 0 Å². The lowest BCUT2D eigenvalue weighted by molar-refractivity contribution is -0.115. The smallest absolute Gasteiger partial charge is 0.258 e. The molecule has 2 aromatic carbocycles. The zero-order valence-corrected chi connectivity index (χ0v) is 12.2. The highest BCUT2D eigenvalue weighted by Gasteiger charge is 2.27. The molecule has 1 aliphatic rings. The molecule has 0 bridgehead atoms. The molecule has 0 spiro atoms. The fourth-order valence-corrected chi connectivity index (χ4v) is 2.43. The molecule has 112 valence electrons. The summed E-state index contributed by atoms with van der Waals surface area (Å²) in [6, 6.07) is 14.2. The Morgan fingerprint density at radius 3 is 2.64 bits per heavy atom. The van der Waals surface area contributed by atoms with Gasteiger partial charge in [-0.15, -0.1) is 0 Å². The molecule has 0 atom stereocenters. The van der Waals surface area contributed by atoms with E-state index < -0.39 is 0 Å². The Kier molecular flexibility index (Phi) is 3.78. The first-order valence-electron chi connectivity index (χ1n) is 7.12. The number of amides is 2. The van der Waals surface area contributed by atoms with Crippen LogP contribution in [0.4, 0.5) is 11.4 Å². The Labute approximate surface area is 128 Å². The van der Waals surface area contributed by atoms with E-state index in [0.29, 0.717) is 23.5 Å². The van der Waals surface area contributed by atoms with Crippen LogP contribution in [0.25, 0.3) is 0 Å². The Balaban J connectivity index is 1.90. The van der Waals surface area contributed by atoms with Crippen LogP contribution >= 0.6 is 0 Å². The molecule has 3 rings (SSSR count). The van der Waals surface area contributed by atoms with E-state index in [1.54, 1.807) is 30.3 Å². The second-order valence-corrected chi connectivity index (χ2v) is 4.91. The highest BCUT2D eigenvalue weighted by molar-refractivity contribution is 6.15. The summed E-state index contributed by atoms with van der Waals surface area (Å²) in [6.45, 7) is 2.50. The number of hydrogen-bond donors (Lipinski definition) is 1. The quantitative estimate of drug-likeness (QED) is 0.947. The molecule has 2 amide bonds. The molecule has 2 aromatic rings. The summed E-state index contributed by atoms with van der Waals surface area (Å²) in [7, 11) is 0. The average Bonchev–Trinajstić information content (AvgIpc) is 2.54. The Hall–Kier alpha value is -2.82. The summed E-state index contributed by atoms with van der Waals surface area (Å²) in [4.78, 5) is 26.0. The Morgan fingerprint density at radius 2 is 1.91 bits per heavy atom. The van der Waals surface area contributed by atoms with E-state index in [2.05, 4.69) is 5.32 Å². The molecule has 0 aliphatic carbocycles. The van der Waals surface area contributed by atoms with Gasteiger partial charge in [-0.1, -0.05) is 12.1 Å². The minimum absolute atomic E-state index is 0.0169. The molecule has 0 aromatic heterocycles. The van der Waals surface area contributed by atoms with Gasteiger partial charge in [0, 0.05) is 5.56 Å². The number of hydrogen-bond acceptors (Lipinski definition) is 3. The van der Waals surface area contributed by atoms with Crippen LogP contribution in [0.3, 0.4) is 0 Å². The van der Waals surface area contributed by atoms with E-state index in [4.69, 9.17) is 4.74 Å². The normalized spacial score (nSPS) is 13.3. The Bertz CT molecular complexity index is 710. The topological polar surface area (TPSA) is 58.6 Å². The third-order valence-electron chi connectivity index (χ3n) is 3.43. The summed E-state index contributed by atoms with van der Waals surface area (Å²) >= 11 is 0. The minimum Gasteiger partial charge on any atom is -0.494 e. The second kappa shape index (κ2) is 5.89. The number of carbonyl (C=O) groups is 2. The highest BCUT2D eigenvalue weighted by atomic mass is 16.5. The number of anilines is 2. The summed E-state index contributed by atoms with van der Waals surface area (Å²) in [5.74, 6) is 0.319. The molecule has 1 N–H and O–H groups in total. The van der Waals surface area contributed by atoms with Crippen molar-refractivity contribution in [1.82, 2.24) is 0 Å². The lowest BCUT2D eigenvalue weighted by Gasteiger charge is -2.29. The van der Waals surface area contributed by atoms with Crippen LogP contribution in [0, 0.1) is 0 Å². The monoisotopic (exact) mass is 296 g/mol. The number of benzene rings is 2. The summed E-state index contributed by atoms with van der Waals surface area (Å²) in [5, 5.41) is 2.77. The van der Waals surface area contributed by atoms with Crippen molar-refractivity contribution in [2.24, 2.45) is 0 Å². The van der Waals surface area contributed by atoms with Gasteiger partial charge in [0.25, 0.3) is 5.91 Å². The average molecular weight is 296 g/mol. The predicted octanol–water partition coefficient (Wildman–Crippen LogP) is 2.68. The molecule has 0 saturated carbocycles. The van der Waals surface area contributed by atoms with Gasteiger partial charge in [-0.3, -0.25) is 14.5 Å². The van der Waals surface area contributed by atoms with Crippen molar-refractivity contribution < 1.29 is 14.3 Å². The van der Waals surface area contributed by atoms with Gasteiger partial charge in [-0.25, -0.2) is 0 Å². The largest absolute Gasteiger partial charge is 0.494 e. The lowest BCUT2D eigenvalue weighted by Crippen LogP contribution is -2.42. The second-order valence-electron chi connectivity index (χ2n) is 4.91. The number of rotatable bonds is 3. The maximum Gasteiger partial charge on any atom is 0.258 e. The van der Waals surface area contributed by atoms with Gasteiger partial charge in [-0.2, -0.15) is 0 Å². The molecule has 0 saturated heterocycles. The molecule has 1 heterocycles. The van der Waals surface area contributed by atoms with Crippen molar-refractivity contribution in [3.8, 4) is 5.75 Å². The highest BCUT2D eigenvalue weighted by Crippen LogP contribution is 2.30. The molecule has 0 radical (unpaired) electrons. The van der Waals surface area contributed by atoms with E-state index in [-0.39, 0.29) is 18.4 Å². The van der Waals surface area contributed by atoms with Gasteiger partial charge in [0.1, 0.15) is 12.3 Å². The molecule has 22 heavy (non-hydrogen) atoms. The van der Waals surface area contributed by atoms with Crippen molar-refractivity contribution in [2.45, 2.75) is 6.92 Å². The number of ether oxygens (including phenoxy) is 1. The third-order valence-corrected chi connectivity index (χ3v) is 3.43. The number of carbonyl (C=O) groups excluding carboxylic acids is 2. The van der Waals surface area contributed by atoms with Crippen LogP contribution in [0.15, 0.2) is 48.5 Å². The van der Waals surface area contributed by atoms with Crippen molar-refractivity contribution in [3.63, 3.8) is 0 Å². The zero-order valence-electron chi connectivity index (χ0n) is 12.2. The van der Waals surface area contributed by atoms with Crippen LogP contribution in [-0.4, -0.2) is 25.0 Å². The van der Waals surface area contributed by atoms with Crippen LogP contribution in [0.1, 0.15) is 17.3 Å². The summed E-state index contributed by atoms with van der Waals surface area (Å²) in [5.41, 5.74) is 1.88. The summed E-state index contributed by atoms with van der Waals surface area (Å²) < 4.78 is 5.37. The maximum absolute atomic E-state index is 12.7. The molecular formula is C17H16N2O3. The fraction of sp³-hybridized carbons (Fsp3) is 0.176. The SMILES string of the molecule is CCOc1ccc(C(=O)N2CC(=O)Nc3ccccc32)cc1. The maximum atomic E-state index is 12.7. The predicted molar refractivity (Wildman–Crippen MR) is 84.4 cm³/mol. The van der Waals surface area contributed by atoms with Gasteiger partial charge in [0.05, 0.1) is 18.0 Å². The van der Waals surface area contributed by atoms with Crippen LogP contribution in [0.5, 0.6) is 5.75 Å². The standard InChI is InChI=1S/C17H16N2O3/c1-2-22-13-9-7-12(8-10-13)17(21)19-11-16(20)18-14-5-3-4-6-15(14)19/h3-10H,2,11H2,1H3,(H,18,20). The molecule has 5 heteroatoms. The first-order valence-corrected chi connectivity index (χ1v) is 7.12. The van der Waals surface area contributed by atoms with Crippen molar-refractivity contribution in [3.05, 3.63) is 54.1 Å². The first-order chi connectivity index (χ1) is 10.7. The molecule has 5 nitrogen and oxygen atoms in total. The molecule has 0 unspecified atom stereocenters. The van der Waals surface area contributed by atoms with Gasteiger partial charge >= 0.3 is 0 Å². The van der Waals surface area contributed by atoms with Crippen molar-refractivity contribution in [1.29, 1.82) is 0 Å². The third kappa shape index (κ3) is 2.65.